The zero-order valence-corrected chi connectivity index (χ0v) is 20.4. The van der Waals surface area contributed by atoms with Crippen LogP contribution in [0.2, 0.25) is 0 Å². The highest BCUT2D eigenvalue weighted by molar-refractivity contribution is 7.48. The highest BCUT2D eigenvalue weighted by Gasteiger charge is 2.48. The summed E-state index contributed by atoms with van der Waals surface area (Å²) in [5.74, 6) is 0. The van der Waals surface area contributed by atoms with Gasteiger partial charge in [0.2, 0.25) is 0 Å². The first-order chi connectivity index (χ1) is 13.4. The van der Waals surface area contributed by atoms with Crippen LogP contribution in [0.5, 0.6) is 0 Å². The van der Waals surface area contributed by atoms with Crippen molar-refractivity contribution in [1.29, 1.82) is 0 Å². The fourth-order valence-electron chi connectivity index (χ4n) is 5.65. The van der Waals surface area contributed by atoms with E-state index in [1.807, 2.05) is 0 Å². The number of fused-ring (bicyclic) bond motifs is 2. The topological polar surface area (TPSA) is 31.4 Å². The SMILES string of the molecule is CC(OP1N(C)C2CCCCC2N1C)C(C)OP1N(C)C2CCCCC2N1C. The van der Waals surface area contributed by atoms with E-state index >= 15 is 0 Å². The molecule has 6 nitrogen and oxygen atoms in total. The lowest BCUT2D eigenvalue weighted by atomic mass is 9.91. The van der Waals surface area contributed by atoms with E-state index in [4.69, 9.17) is 9.05 Å². The zero-order valence-electron chi connectivity index (χ0n) is 18.6. The molecular weight excluding hydrogens is 390 g/mol. The van der Waals surface area contributed by atoms with Crippen LogP contribution in [0, 0.1) is 0 Å². The summed E-state index contributed by atoms with van der Waals surface area (Å²) in [6.45, 7) is 4.41. The predicted molar refractivity (Wildman–Crippen MR) is 118 cm³/mol. The van der Waals surface area contributed by atoms with Gasteiger partial charge < -0.3 is 9.05 Å². The second-order valence-corrected chi connectivity index (χ2v) is 13.2. The monoisotopic (exact) mass is 430 g/mol. The molecule has 0 radical (unpaired) electrons. The maximum Gasteiger partial charge on any atom is 0.188 e. The Kier molecular flexibility index (Phi) is 7.02. The second-order valence-electron chi connectivity index (χ2n) is 9.26. The lowest BCUT2D eigenvalue weighted by Gasteiger charge is -2.33. The molecule has 0 N–H and O–H groups in total. The molecule has 2 heterocycles. The normalized spacial score (nSPS) is 43.1. The van der Waals surface area contributed by atoms with Crippen LogP contribution in [0.15, 0.2) is 0 Å². The van der Waals surface area contributed by atoms with E-state index in [0.717, 1.165) is 0 Å². The molecule has 2 aliphatic carbocycles. The summed E-state index contributed by atoms with van der Waals surface area (Å²) in [6, 6.07) is 2.70. The third kappa shape index (κ3) is 3.94. The molecule has 2 saturated heterocycles. The van der Waals surface area contributed by atoms with Crippen molar-refractivity contribution in [1.82, 2.24) is 18.7 Å². The average Bonchev–Trinajstić information content (AvgIpc) is 3.09. The summed E-state index contributed by atoms with van der Waals surface area (Å²) >= 11 is 0. The molecule has 0 aromatic rings. The van der Waals surface area contributed by atoms with Crippen molar-refractivity contribution < 1.29 is 9.05 Å². The number of nitrogens with zero attached hydrogens (tertiary/aromatic N) is 4. The summed E-state index contributed by atoms with van der Waals surface area (Å²) in [7, 11) is 7.72. The summed E-state index contributed by atoms with van der Waals surface area (Å²) < 4.78 is 23.4. The van der Waals surface area contributed by atoms with Gasteiger partial charge in [-0.1, -0.05) is 25.7 Å². The van der Waals surface area contributed by atoms with Crippen LogP contribution in [0.4, 0.5) is 0 Å². The number of likely N-dealkylation sites (N-methyl/N-ethyl adjacent to an activating group) is 4. The lowest BCUT2D eigenvalue weighted by molar-refractivity contribution is 0.0789. The van der Waals surface area contributed by atoms with Crippen molar-refractivity contribution in [3.63, 3.8) is 0 Å². The minimum atomic E-state index is -0.677. The molecule has 8 heteroatoms. The molecule has 4 fully saturated rings. The molecule has 4 rings (SSSR count). The second kappa shape index (κ2) is 9.01. The first kappa shape index (κ1) is 21.8. The van der Waals surface area contributed by atoms with Gasteiger partial charge in [-0.2, -0.15) is 0 Å². The Morgan fingerprint density at radius 2 is 0.821 bits per heavy atom. The smallest absolute Gasteiger partial charge is 0.188 e. The summed E-state index contributed by atoms with van der Waals surface area (Å²) in [6.07, 6.45) is 10.9. The minimum Gasteiger partial charge on any atom is -0.326 e. The first-order valence-electron chi connectivity index (χ1n) is 11.2. The fourth-order valence-corrected chi connectivity index (χ4v) is 10.2. The summed E-state index contributed by atoms with van der Waals surface area (Å²) in [4.78, 5) is 0. The van der Waals surface area contributed by atoms with Gasteiger partial charge in [-0.25, -0.2) is 18.7 Å². The molecule has 0 bridgehead atoms. The van der Waals surface area contributed by atoms with E-state index in [-0.39, 0.29) is 12.2 Å². The molecule has 6 atom stereocenters. The fraction of sp³-hybridized carbons (Fsp3) is 1.00. The standard InChI is InChI=1S/C20H40N4O2P2/c1-15(25-27-21(3)17-11-7-8-12-18(17)22(27)4)16(2)26-28-23(5)19-13-9-10-14-20(19)24(28)6/h15-20H,7-14H2,1-6H3. The molecular formula is C20H40N4O2P2. The van der Waals surface area contributed by atoms with E-state index in [1.165, 1.54) is 51.4 Å². The Hall–Kier alpha value is 0.620. The molecule has 28 heavy (non-hydrogen) atoms. The van der Waals surface area contributed by atoms with Crippen LogP contribution >= 0.6 is 16.9 Å². The Balaban J connectivity index is 1.35. The van der Waals surface area contributed by atoms with Crippen molar-refractivity contribution in [3.8, 4) is 0 Å². The zero-order chi connectivity index (χ0) is 20.0. The van der Waals surface area contributed by atoms with Crippen LogP contribution < -0.4 is 0 Å². The third-order valence-corrected chi connectivity index (χ3v) is 12.0. The van der Waals surface area contributed by atoms with Crippen molar-refractivity contribution in [2.24, 2.45) is 0 Å². The third-order valence-electron chi connectivity index (χ3n) is 7.57. The lowest BCUT2D eigenvalue weighted by Crippen LogP contribution is -2.37. The van der Waals surface area contributed by atoms with Crippen molar-refractivity contribution in [2.75, 3.05) is 28.2 Å². The highest BCUT2D eigenvalue weighted by atomic mass is 31.2. The Bertz CT molecular complexity index is 462. The van der Waals surface area contributed by atoms with Gasteiger partial charge in [0.15, 0.2) is 16.9 Å². The summed E-state index contributed by atoms with van der Waals surface area (Å²) in [5.41, 5.74) is 0. The predicted octanol–water partition coefficient (Wildman–Crippen LogP) is 4.63. The molecule has 0 spiro atoms. The highest BCUT2D eigenvalue weighted by Crippen LogP contribution is 2.59. The molecule has 0 aromatic heterocycles. The van der Waals surface area contributed by atoms with Crippen LogP contribution in [0.25, 0.3) is 0 Å². The van der Waals surface area contributed by atoms with E-state index in [9.17, 15) is 0 Å². The number of hydrogen-bond acceptors (Lipinski definition) is 6. The van der Waals surface area contributed by atoms with Crippen molar-refractivity contribution in [2.45, 2.75) is 102 Å². The average molecular weight is 431 g/mol. The van der Waals surface area contributed by atoms with Crippen molar-refractivity contribution in [3.05, 3.63) is 0 Å². The Morgan fingerprint density at radius 3 is 1.07 bits per heavy atom. The number of hydrogen-bond donors (Lipinski definition) is 0. The molecule has 0 aromatic carbocycles. The van der Waals surface area contributed by atoms with E-state index < -0.39 is 16.9 Å². The van der Waals surface area contributed by atoms with Gasteiger partial charge in [0.25, 0.3) is 0 Å². The maximum atomic E-state index is 6.65. The summed E-state index contributed by atoms with van der Waals surface area (Å²) in [5, 5.41) is 0. The Labute approximate surface area is 174 Å². The molecule has 2 aliphatic heterocycles. The molecule has 2 saturated carbocycles. The van der Waals surface area contributed by atoms with Gasteiger partial charge >= 0.3 is 0 Å². The quantitative estimate of drug-likeness (QED) is 0.592. The molecule has 0 amide bonds. The van der Waals surface area contributed by atoms with Gasteiger partial charge in [0, 0.05) is 24.2 Å². The van der Waals surface area contributed by atoms with Gasteiger partial charge in [-0.05, 0) is 67.7 Å². The minimum absolute atomic E-state index is 0.100. The van der Waals surface area contributed by atoms with Gasteiger partial charge in [0.05, 0.1) is 12.2 Å². The maximum absolute atomic E-state index is 6.65. The van der Waals surface area contributed by atoms with Gasteiger partial charge in [0.1, 0.15) is 0 Å². The molecule has 6 unspecified atom stereocenters. The van der Waals surface area contributed by atoms with Gasteiger partial charge in [-0.3, -0.25) is 0 Å². The van der Waals surface area contributed by atoms with Gasteiger partial charge in [-0.15, -0.1) is 0 Å². The van der Waals surface area contributed by atoms with Crippen molar-refractivity contribution >= 4 is 16.9 Å². The van der Waals surface area contributed by atoms with Crippen LogP contribution in [0.3, 0.4) is 0 Å². The van der Waals surface area contributed by atoms with E-state index in [2.05, 4.69) is 60.7 Å². The van der Waals surface area contributed by atoms with E-state index in [0.29, 0.717) is 24.2 Å². The van der Waals surface area contributed by atoms with Crippen LogP contribution in [0.1, 0.15) is 65.2 Å². The van der Waals surface area contributed by atoms with E-state index in [1.54, 1.807) is 0 Å². The van der Waals surface area contributed by atoms with Crippen LogP contribution in [-0.2, 0) is 9.05 Å². The molecule has 162 valence electrons. The molecule has 4 aliphatic rings. The largest absolute Gasteiger partial charge is 0.326 e. The van der Waals surface area contributed by atoms with Crippen LogP contribution in [-0.4, -0.2) is 83.2 Å². The first-order valence-corrected chi connectivity index (χ1v) is 13.6. The number of rotatable bonds is 5. The Morgan fingerprint density at radius 1 is 0.571 bits per heavy atom.